The summed E-state index contributed by atoms with van der Waals surface area (Å²) < 4.78 is 41.8. The lowest BCUT2D eigenvalue weighted by molar-refractivity contribution is 0.326. The zero-order valence-electron chi connectivity index (χ0n) is 19.0. The molecule has 0 saturated carbocycles. The van der Waals surface area contributed by atoms with Crippen molar-refractivity contribution in [3.05, 3.63) is 107 Å². The highest BCUT2D eigenvalue weighted by Crippen LogP contribution is 2.42. The Morgan fingerprint density at radius 3 is 2.77 bits per heavy atom. The number of fused-ring (bicyclic) bond motifs is 3. The van der Waals surface area contributed by atoms with Gasteiger partial charge in [-0.05, 0) is 47.7 Å². The fourth-order valence-electron chi connectivity index (χ4n) is 4.36. The molecule has 0 aliphatic heterocycles. The lowest BCUT2D eigenvalue weighted by Crippen LogP contribution is -2.16. The summed E-state index contributed by atoms with van der Waals surface area (Å²) in [5, 5.41) is 3.23. The van der Waals surface area contributed by atoms with Crippen LogP contribution in [0.2, 0.25) is 0 Å². The second kappa shape index (κ2) is 9.45. The summed E-state index contributed by atoms with van der Waals surface area (Å²) >= 11 is 0. The van der Waals surface area contributed by atoms with Gasteiger partial charge in [0.05, 0.1) is 18.6 Å². The van der Waals surface area contributed by atoms with Crippen molar-refractivity contribution < 1.29 is 17.0 Å². The predicted octanol–water partition coefficient (Wildman–Crippen LogP) is 4.83. The third-order valence-electron chi connectivity index (χ3n) is 5.91. The van der Waals surface area contributed by atoms with Crippen LogP contribution < -0.4 is 5.32 Å². The van der Waals surface area contributed by atoms with E-state index in [0.29, 0.717) is 24.4 Å². The van der Waals surface area contributed by atoms with Crippen molar-refractivity contribution >= 4 is 21.8 Å². The summed E-state index contributed by atoms with van der Waals surface area (Å²) in [6, 6.07) is 24.0. The number of halogens is 1. The number of anilines is 2. The molecule has 176 valence electrons. The summed E-state index contributed by atoms with van der Waals surface area (Å²) in [6.45, 7) is 0.0768. The van der Waals surface area contributed by atoms with Crippen LogP contribution in [0.3, 0.4) is 0 Å². The molecule has 0 bridgehead atoms. The van der Waals surface area contributed by atoms with Gasteiger partial charge in [0, 0.05) is 35.0 Å². The summed E-state index contributed by atoms with van der Waals surface area (Å²) in [7, 11) is -3.47. The highest BCUT2D eigenvalue weighted by Gasteiger charge is 2.29. The van der Waals surface area contributed by atoms with Gasteiger partial charge in [-0.1, -0.05) is 48.5 Å². The van der Waals surface area contributed by atoms with Crippen molar-refractivity contribution in [3.8, 4) is 11.3 Å². The van der Waals surface area contributed by atoms with Crippen LogP contribution in [0.15, 0.2) is 66.9 Å². The van der Waals surface area contributed by atoms with Crippen LogP contribution in [0.5, 0.6) is 0 Å². The predicted molar refractivity (Wildman–Crippen MR) is 131 cm³/mol. The number of hydrogen-bond acceptors (Lipinski definition) is 6. The molecule has 1 heterocycles. The number of benzene rings is 2. The number of aromatic nitrogens is 2. The molecule has 0 radical (unpaired) electrons. The van der Waals surface area contributed by atoms with Crippen molar-refractivity contribution in [1.82, 2.24) is 9.97 Å². The maximum absolute atomic E-state index is 14.6. The Morgan fingerprint density at radius 1 is 1.11 bits per heavy atom. The highest BCUT2D eigenvalue weighted by atomic mass is 32.2. The molecule has 1 aliphatic rings. The van der Waals surface area contributed by atoms with Gasteiger partial charge in [0.15, 0.2) is 0 Å². The summed E-state index contributed by atoms with van der Waals surface area (Å²) in [4.78, 5) is 9.29. The molecular formula is C27H22FN3O3S. The van der Waals surface area contributed by atoms with Crippen molar-refractivity contribution in [3.63, 3.8) is 0 Å². The molecule has 8 heteroatoms. The molecule has 1 aromatic heterocycles. The lowest BCUT2D eigenvalue weighted by atomic mass is 9.78. The van der Waals surface area contributed by atoms with E-state index >= 15 is 0 Å². The number of nitrogens with one attached hydrogen (secondary N) is 1. The van der Waals surface area contributed by atoms with Gasteiger partial charge in [0.2, 0.25) is 5.95 Å². The molecule has 0 unspecified atom stereocenters. The number of nitrogens with zero attached hydrogens (tertiary/aromatic N) is 2. The second-order valence-corrected chi connectivity index (χ2v) is 10.0. The number of hydrogen-bond donors (Lipinski definition) is 1. The first kappa shape index (κ1) is 23.0. The van der Waals surface area contributed by atoms with Gasteiger partial charge < -0.3 is 5.32 Å². The molecular weight excluding hydrogens is 465 g/mol. The minimum absolute atomic E-state index is 0.0768. The van der Waals surface area contributed by atoms with Crippen molar-refractivity contribution in [2.45, 2.75) is 18.8 Å². The average Bonchev–Trinajstić information content (AvgIpc) is 2.84. The van der Waals surface area contributed by atoms with E-state index in [1.165, 1.54) is 6.07 Å². The maximum atomic E-state index is 14.6. The van der Waals surface area contributed by atoms with E-state index in [2.05, 4.69) is 22.4 Å². The molecule has 35 heavy (non-hydrogen) atoms. The molecule has 0 saturated heterocycles. The first-order valence-corrected chi connectivity index (χ1v) is 12.9. The van der Waals surface area contributed by atoms with E-state index in [-0.39, 0.29) is 18.3 Å². The van der Waals surface area contributed by atoms with Crippen LogP contribution in [-0.2, 0) is 27.1 Å². The van der Waals surface area contributed by atoms with Gasteiger partial charge in [-0.25, -0.2) is 14.4 Å². The van der Waals surface area contributed by atoms with Crippen molar-refractivity contribution in [2.75, 3.05) is 18.2 Å². The molecule has 0 fully saturated rings. The Balaban J connectivity index is 1.41. The first-order valence-electron chi connectivity index (χ1n) is 11.1. The third-order valence-corrected chi connectivity index (χ3v) is 6.51. The van der Waals surface area contributed by atoms with Crippen LogP contribution in [0.1, 0.15) is 28.2 Å². The summed E-state index contributed by atoms with van der Waals surface area (Å²) in [5.41, 5.74) is 6.00. The van der Waals surface area contributed by atoms with E-state index in [1.54, 1.807) is 12.3 Å². The van der Waals surface area contributed by atoms with E-state index in [9.17, 15) is 12.8 Å². The quantitative estimate of drug-likeness (QED) is 0.376. The molecule has 6 nitrogen and oxygen atoms in total. The molecule has 1 atom stereocenters. The lowest BCUT2D eigenvalue weighted by Gasteiger charge is -2.27. The van der Waals surface area contributed by atoms with Crippen LogP contribution in [0.25, 0.3) is 11.3 Å². The van der Waals surface area contributed by atoms with Crippen LogP contribution in [-0.4, -0.2) is 31.2 Å². The summed E-state index contributed by atoms with van der Waals surface area (Å²) in [6.07, 6.45) is 3.85. The normalized spacial score (nSPS) is 14.5. The Hall–Kier alpha value is -3.80. The first-order chi connectivity index (χ1) is 16.9. The minimum Gasteiger partial charge on any atom is -0.324 e. The minimum atomic E-state index is -3.47. The molecule has 0 amide bonds. The van der Waals surface area contributed by atoms with Gasteiger partial charge in [-0.3, -0.25) is 4.18 Å². The second-order valence-electron chi connectivity index (χ2n) is 8.39. The smallest absolute Gasteiger partial charge is 0.264 e. The largest absolute Gasteiger partial charge is 0.324 e. The van der Waals surface area contributed by atoms with Gasteiger partial charge in [0.1, 0.15) is 5.82 Å². The Kier molecular flexibility index (Phi) is 6.20. The molecule has 3 aromatic carbocycles. The maximum Gasteiger partial charge on any atom is 0.264 e. The molecule has 4 aromatic rings. The molecule has 1 aliphatic carbocycles. The van der Waals surface area contributed by atoms with Crippen LogP contribution >= 0.6 is 0 Å². The van der Waals surface area contributed by atoms with E-state index in [4.69, 9.17) is 9.17 Å². The SMILES string of the molecule is CS(=O)(=O)OCCc1cccc(Nc2ncc3c(n2)-c2ccccc2[C@H](c2cc#ccc2F)C3)c1. The zero-order valence-corrected chi connectivity index (χ0v) is 19.8. The topological polar surface area (TPSA) is 81.2 Å². The Labute approximate surface area is 204 Å². The van der Waals surface area contributed by atoms with Gasteiger partial charge >= 0.3 is 0 Å². The van der Waals surface area contributed by atoms with Gasteiger partial charge in [0.25, 0.3) is 10.1 Å². The standard InChI is InChI=1S/C27H22FN3O3S/c1-35(32,33)34-14-13-18-7-6-8-20(15-18)30-27-29-17-19-16-24(22-10-4-5-12-25(22)28)21-9-2-3-11-23(21)26(19)31-27/h2-3,6-12,15,17,24H,13-14,16H2,1H3,(H,29,30,31)/t24-/m1/s1. The number of rotatable bonds is 7. The van der Waals surface area contributed by atoms with E-state index < -0.39 is 10.1 Å². The Bertz CT molecular complexity index is 1490. The van der Waals surface area contributed by atoms with Gasteiger partial charge in [-0.15, -0.1) is 0 Å². The molecule has 1 N–H and O–H groups in total. The van der Waals surface area contributed by atoms with E-state index in [1.807, 2.05) is 48.5 Å². The summed E-state index contributed by atoms with van der Waals surface area (Å²) in [5.74, 6) is -0.0128. The zero-order chi connectivity index (χ0) is 24.4. The van der Waals surface area contributed by atoms with E-state index in [0.717, 1.165) is 39.9 Å². The fourth-order valence-corrected chi connectivity index (χ4v) is 4.75. The fraction of sp³-hybridized carbons (Fsp3) is 0.185. The van der Waals surface area contributed by atoms with Gasteiger partial charge in [-0.2, -0.15) is 8.42 Å². The molecule has 5 rings (SSSR count). The molecule has 0 spiro atoms. The average molecular weight is 488 g/mol. The van der Waals surface area contributed by atoms with Crippen LogP contribution in [0, 0.1) is 17.9 Å². The third kappa shape index (κ3) is 5.16. The van der Waals surface area contributed by atoms with Crippen LogP contribution in [0.4, 0.5) is 16.0 Å². The van der Waals surface area contributed by atoms with Crippen molar-refractivity contribution in [1.29, 1.82) is 0 Å². The Morgan fingerprint density at radius 2 is 1.94 bits per heavy atom. The monoisotopic (exact) mass is 487 g/mol. The highest BCUT2D eigenvalue weighted by molar-refractivity contribution is 7.85. The van der Waals surface area contributed by atoms with Crippen molar-refractivity contribution in [2.24, 2.45) is 0 Å².